The average Bonchev–Trinajstić information content (AvgIpc) is 2.52. The zero-order valence-corrected chi connectivity index (χ0v) is 10.8. The van der Waals surface area contributed by atoms with Crippen LogP contribution in [-0.2, 0) is 4.79 Å². The predicted octanol–water partition coefficient (Wildman–Crippen LogP) is 1.90. The summed E-state index contributed by atoms with van der Waals surface area (Å²) in [7, 11) is 0. The van der Waals surface area contributed by atoms with Crippen LogP contribution in [0.3, 0.4) is 0 Å². The van der Waals surface area contributed by atoms with E-state index in [1.165, 1.54) is 12.8 Å². The van der Waals surface area contributed by atoms with Gasteiger partial charge in [0.05, 0.1) is 0 Å². The quantitative estimate of drug-likeness (QED) is 0.683. The number of carbonyl (C=O) groups is 1. The Kier molecular flexibility index (Phi) is 2.77. The number of carbonyl (C=O) groups excluding carboxylic acids is 1. The number of nitrogens with two attached hydrogens (primary N) is 1. The molecule has 92 valence electrons. The summed E-state index contributed by atoms with van der Waals surface area (Å²) in [4.78, 5) is 14.4. The Morgan fingerprint density at radius 2 is 2.00 bits per heavy atom. The molecular weight excluding hydrogens is 200 g/mol. The molecule has 0 aromatic heterocycles. The van der Waals surface area contributed by atoms with Gasteiger partial charge in [-0.1, -0.05) is 33.6 Å². The molecule has 1 aliphatic heterocycles. The van der Waals surface area contributed by atoms with Gasteiger partial charge >= 0.3 is 0 Å². The van der Waals surface area contributed by atoms with Crippen LogP contribution in [0, 0.1) is 5.41 Å². The molecule has 1 saturated carbocycles. The third-order valence-corrected chi connectivity index (χ3v) is 4.13. The van der Waals surface area contributed by atoms with E-state index in [4.69, 9.17) is 5.73 Å². The third-order valence-electron chi connectivity index (χ3n) is 4.13. The second-order valence-corrected chi connectivity index (χ2v) is 6.49. The van der Waals surface area contributed by atoms with Crippen molar-refractivity contribution in [3.63, 3.8) is 0 Å². The van der Waals surface area contributed by atoms with Crippen LogP contribution in [0.1, 0.15) is 52.9 Å². The second kappa shape index (κ2) is 3.73. The fourth-order valence-corrected chi connectivity index (χ4v) is 3.16. The van der Waals surface area contributed by atoms with Crippen molar-refractivity contribution in [3.8, 4) is 0 Å². The summed E-state index contributed by atoms with van der Waals surface area (Å²) >= 11 is 0. The molecule has 2 aliphatic rings. The highest BCUT2D eigenvalue weighted by atomic mass is 16.2. The minimum Gasteiger partial charge on any atom is -0.337 e. The Hall–Kier alpha value is -0.570. The first-order valence-electron chi connectivity index (χ1n) is 6.44. The van der Waals surface area contributed by atoms with Gasteiger partial charge in [0.1, 0.15) is 0 Å². The van der Waals surface area contributed by atoms with E-state index < -0.39 is 0 Å². The van der Waals surface area contributed by atoms with Crippen LogP contribution in [-0.4, -0.2) is 28.9 Å². The molecule has 2 fully saturated rings. The number of hydrogen-bond donors (Lipinski definition) is 1. The smallest absolute Gasteiger partial charge is 0.228 e. The van der Waals surface area contributed by atoms with E-state index in [0.717, 1.165) is 25.8 Å². The number of likely N-dealkylation sites (tertiary alicyclic amines) is 1. The maximum atomic E-state index is 12.3. The Balaban J connectivity index is 2.17. The van der Waals surface area contributed by atoms with Crippen molar-refractivity contribution in [2.24, 2.45) is 11.1 Å². The lowest BCUT2D eigenvalue weighted by Gasteiger charge is -2.40. The fraction of sp³-hybridized carbons (Fsp3) is 0.923. The molecule has 1 aliphatic carbocycles. The zero-order valence-electron chi connectivity index (χ0n) is 10.8. The SMILES string of the molecule is CC(C)(C)C(=O)N1CCC2(N)CCCCC12. The molecule has 16 heavy (non-hydrogen) atoms. The highest BCUT2D eigenvalue weighted by Gasteiger charge is 2.48. The van der Waals surface area contributed by atoms with Crippen molar-refractivity contribution in [1.29, 1.82) is 0 Å². The Morgan fingerprint density at radius 1 is 1.31 bits per heavy atom. The van der Waals surface area contributed by atoms with Gasteiger partial charge in [0.25, 0.3) is 0 Å². The van der Waals surface area contributed by atoms with E-state index in [1.54, 1.807) is 0 Å². The van der Waals surface area contributed by atoms with Crippen LogP contribution in [0.2, 0.25) is 0 Å². The molecule has 0 aromatic rings. The van der Waals surface area contributed by atoms with Crippen LogP contribution < -0.4 is 5.73 Å². The first-order valence-corrected chi connectivity index (χ1v) is 6.44. The summed E-state index contributed by atoms with van der Waals surface area (Å²) in [5, 5.41) is 0. The molecule has 2 unspecified atom stereocenters. The van der Waals surface area contributed by atoms with Gasteiger partial charge in [0, 0.05) is 23.5 Å². The number of hydrogen-bond acceptors (Lipinski definition) is 2. The molecule has 0 spiro atoms. The lowest BCUT2D eigenvalue weighted by Crippen LogP contribution is -2.55. The minimum absolute atomic E-state index is 0.0842. The summed E-state index contributed by atoms with van der Waals surface area (Å²) in [6.07, 6.45) is 5.62. The Bertz CT molecular complexity index is 295. The van der Waals surface area contributed by atoms with E-state index in [2.05, 4.69) is 4.90 Å². The van der Waals surface area contributed by atoms with Gasteiger partial charge in [-0.25, -0.2) is 0 Å². The topological polar surface area (TPSA) is 46.3 Å². The van der Waals surface area contributed by atoms with Crippen LogP contribution >= 0.6 is 0 Å². The van der Waals surface area contributed by atoms with Crippen molar-refractivity contribution in [2.75, 3.05) is 6.54 Å². The molecule has 2 rings (SSSR count). The summed E-state index contributed by atoms with van der Waals surface area (Å²) in [6, 6.07) is 0.299. The van der Waals surface area contributed by atoms with E-state index in [9.17, 15) is 4.79 Å². The van der Waals surface area contributed by atoms with Gasteiger partial charge in [0.2, 0.25) is 5.91 Å². The molecule has 2 atom stereocenters. The second-order valence-electron chi connectivity index (χ2n) is 6.49. The molecular formula is C13H24N2O. The largest absolute Gasteiger partial charge is 0.337 e. The van der Waals surface area contributed by atoms with Gasteiger partial charge in [-0.2, -0.15) is 0 Å². The number of nitrogens with zero attached hydrogens (tertiary/aromatic N) is 1. The van der Waals surface area contributed by atoms with Crippen molar-refractivity contribution in [2.45, 2.75) is 64.5 Å². The average molecular weight is 224 g/mol. The van der Waals surface area contributed by atoms with Crippen LogP contribution in [0.5, 0.6) is 0 Å². The van der Waals surface area contributed by atoms with E-state index >= 15 is 0 Å². The highest BCUT2D eigenvalue weighted by Crippen LogP contribution is 2.39. The van der Waals surface area contributed by atoms with Crippen molar-refractivity contribution in [1.82, 2.24) is 4.90 Å². The summed E-state index contributed by atoms with van der Waals surface area (Å²) in [5.41, 5.74) is 6.08. The molecule has 3 heteroatoms. The highest BCUT2D eigenvalue weighted by molar-refractivity contribution is 5.82. The first-order chi connectivity index (χ1) is 7.34. The molecule has 1 amide bonds. The first kappa shape index (κ1) is 11.9. The Morgan fingerprint density at radius 3 is 2.62 bits per heavy atom. The monoisotopic (exact) mass is 224 g/mol. The molecule has 0 aromatic carbocycles. The summed E-state index contributed by atoms with van der Waals surface area (Å²) in [5.74, 6) is 0.270. The van der Waals surface area contributed by atoms with Gasteiger partial charge in [0.15, 0.2) is 0 Å². The Labute approximate surface area is 98.4 Å². The molecule has 2 N–H and O–H groups in total. The molecule has 1 heterocycles. The number of amides is 1. The zero-order chi connectivity index (χ0) is 12.0. The van der Waals surface area contributed by atoms with E-state index in [0.29, 0.717) is 6.04 Å². The number of rotatable bonds is 0. The summed E-state index contributed by atoms with van der Waals surface area (Å²) in [6.45, 7) is 6.84. The maximum Gasteiger partial charge on any atom is 0.228 e. The molecule has 3 nitrogen and oxygen atoms in total. The van der Waals surface area contributed by atoms with E-state index in [-0.39, 0.29) is 16.9 Å². The predicted molar refractivity (Wildman–Crippen MR) is 65.0 cm³/mol. The van der Waals surface area contributed by atoms with Gasteiger partial charge in [-0.15, -0.1) is 0 Å². The summed E-state index contributed by atoms with van der Waals surface area (Å²) < 4.78 is 0. The van der Waals surface area contributed by atoms with Crippen LogP contribution in [0.25, 0.3) is 0 Å². The molecule has 0 bridgehead atoms. The van der Waals surface area contributed by atoms with Gasteiger partial charge < -0.3 is 10.6 Å². The fourth-order valence-electron chi connectivity index (χ4n) is 3.16. The lowest BCUT2D eigenvalue weighted by atomic mass is 9.78. The van der Waals surface area contributed by atoms with Gasteiger partial charge in [-0.05, 0) is 19.3 Å². The van der Waals surface area contributed by atoms with E-state index in [1.807, 2.05) is 20.8 Å². The van der Waals surface area contributed by atoms with Crippen molar-refractivity contribution in [3.05, 3.63) is 0 Å². The van der Waals surface area contributed by atoms with Crippen LogP contribution in [0.15, 0.2) is 0 Å². The maximum absolute atomic E-state index is 12.3. The number of fused-ring (bicyclic) bond motifs is 1. The lowest BCUT2D eigenvalue weighted by molar-refractivity contribution is -0.141. The van der Waals surface area contributed by atoms with Crippen LogP contribution in [0.4, 0.5) is 0 Å². The van der Waals surface area contributed by atoms with Crippen molar-refractivity contribution < 1.29 is 4.79 Å². The van der Waals surface area contributed by atoms with Crippen molar-refractivity contribution >= 4 is 5.91 Å². The molecule has 0 radical (unpaired) electrons. The minimum atomic E-state index is -0.275. The normalized spacial score (nSPS) is 35.0. The molecule has 1 saturated heterocycles. The standard InChI is InChI=1S/C13H24N2O/c1-12(2,3)11(16)15-9-8-13(14)7-5-4-6-10(13)15/h10H,4-9,14H2,1-3H3. The third kappa shape index (κ3) is 1.86. The van der Waals surface area contributed by atoms with Gasteiger partial charge in [-0.3, -0.25) is 4.79 Å².